The predicted molar refractivity (Wildman–Crippen MR) is 133 cm³/mol. The number of amides is 2. The average Bonchev–Trinajstić information content (AvgIpc) is 3.14. The summed E-state index contributed by atoms with van der Waals surface area (Å²) in [5.74, 6) is 0.880. The third-order valence-electron chi connectivity index (χ3n) is 5.77. The number of hydrogen-bond donors (Lipinski definition) is 0. The van der Waals surface area contributed by atoms with E-state index in [2.05, 4.69) is 6.58 Å². The van der Waals surface area contributed by atoms with Crippen molar-refractivity contribution < 1.29 is 23.9 Å². The second-order valence-electron chi connectivity index (χ2n) is 8.19. The maximum absolute atomic E-state index is 12.7. The topological polar surface area (TPSA) is 72.9 Å². The Hall–Kier alpha value is -4.19. The molecule has 1 aliphatic rings. The fraction of sp³-hybridized carbons (Fsp3) is 0.207. The SMILES string of the molecule is C=CCOc1ccc(C(=O)c2ccc(OCCCCCN3C(=O)c4ccccc4C3=O)cc2)cc1. The highest BCUT2D eigenvalue weighted by atomic mass is 16.5. The van der Waals surface area contributed by atoms with Crippen LogP contribution in [0.5, 0.6) is 11.5 Å². The van der Waals surface area contributed by atoms with Crippen LogP contribution in [0, 0.1) is 0 Å². The summed E-state index contributed by atoms with van der Waals surface area (Å²) < 4.78 is 11.2. The fourth-order valence-corrected chi connectivity index (χ4v) is 3.91. The van der Waals surface area contributed by atoms with E-state index in [-0.39, 0.29) is 17.6 Å². The zero-order chi connectivity index (χ0) is 24.6. The van der Waals surface area contributed by atoms with Crippen molar-refractivity contribution in [2.75, 3.05) is 19.8 Å². The molecule has 0 fully saturated rings. The van der Waals surface area contributed by atoms with Gasteiger partial charge in [-0.3, -0.25) is 19.3 Å². The number of benzene rings is 3. The van der Waals surface area contributed by atoms with Crippen LogP contribution in [0.1, 0.15) is 55.9 Å². The summed E-state index contributed by atoms with van der Waals surface area (Å²) >= 11 is 0. The highest BCUT2D eigenvalue weighted by Crippen LogP contribution is 2.23. The van der Waals surface area contributed by atoms with E-state index in [1.165, 1.54) is 4.90 Å². The van der Waals surface area contributed by atoms with Gasteiger partial charge in [-0.1, -0.05) is 24.8 Å². The lowest BCUT2D eigenvalue weighted by Crippen LogP contribution is -2.30. The first-order valence-corrected chi connectivity index (χ1v) is 11.6. The minimum Gasteiger partial charge on any atom is -0.494 e. The molecule has 0 unspecified atom stereocenters. The van der Waals surface area contributed by atoms with Gasteiger partial charge in [0, 0.05) is 17.7 Å². The van der Waals surface area contributed by atoms with E-state index in [4.69, 9.17) is 9.47 Å². The second kappa shape index (κ2) is 11.3. The third kappa shape index (κ3) is 5.66. The molecule has 4 rings (SSSR count). The van der Waals surface area contributed by atoms with Crippen molar-refractivity contribution >= 4 is 17.6 Å². The molecule has 0 aliphatic carbocycles. The number of fused-ring (bicyclic) bond motifs is 1. The van der Waals surface area contributed by atoms with Crippen LogP contribution in [0.2, 0.25) is 0 Å². The predicted octanol–water partition coefficient (Wildman–Crippen LogP) is 5.33. The molecule has 0 bridgehead atoms. The lowest BCUT2D eigenvalue weighted by Gasteiger charge is -2.13. The third-order valence-corrected chi connectivity index (χ3v) is 5.77. The number of nitrogens with zero attached hydrogens (tertiary/aromatic N) is 1. The highest BCUT2D eigenvalue weighted by molar-refractivity contribution is 6.21. The van der Waals surface area contributed by atoms with Crippen LogP contribution in [0.4, 0.5) is 0 Å². The van der Waals surface area contributed by atoms with Crippen molar-refractivity contribution in [3.05, 3.63) is 108 Å². The lowest BCUT2D eigenvalue weighted by atomic mass is 10.0. The van der Waals surface area contributed by atoms with Gasteiger partial charge in [0.1, 0.15) is 18.1 Å². The van der Waals surface area contributed by atoms with Crippen LogP contribution in [-0.2, 0) is 0 Å². The van der Waals surface area contributed by atoms with Gasteiger partial charge in [-0.2, -0.15) is 0 Å². The van der Waals surface area contributed by atoms with Gasteiger partial charge in [-0.15, -0.1) is 0 Å². The first kappa shape index (κ1) is 24.0. The summed E-state index contributed by atoms with van der Waals surface area (Å²) in [5, 5.41) is 0. The van der Waals surface area contributed by atoms with Crippen LogP contribution < -0.4 is 9.47 Å². The van der Waals surface area contributed by atoms with Crippen LogP contribution in [0.15, 0.2) is 85.5 Å². The van der Waals surface area contributed by atoms with E-state index in [0.29, 0.717) is 53.5 Å². The number of imide groups is 1. The van der Waals surface area contributed by atoms with E-state index in [9.17, 15) is 14.4 Å². The molecule has 1 aliphatic heterocycles. The molecule has 6 heteroatoms. The Balaban J connectivity index is 1.18. The molecule has 0 N–H and O–H groups in total. The fourth-order valence-electron chi connectivity index (χ4n) is 3.91. The van der Waals surface area contributed by atoms with Gasteiger partial charge in [0.15, 0.2) is 5.78 Å². The van der Waals surface area contributed by atoms with Crippen molar-refractivity contribution in [1.82, 2.24) is 4.90 Å². The summed E-state index contributed by atoms with van der Waals surface area (Å²) in [6.45, 7) is 4.95. The Morgan fingerprint density at radius 3 is 1.83 bits per heavy atom. The van der Waals surface area contributed by atoms with Crippen LogP contribution in [0.3, 0.4) is 0 Å². The number of ether oxygens (including phenoxy) is 2. The summed E-state index contributed by atoms with van der Waals surface area (Å²) in [5.41, 5.74) is 2.13. The number of hydrogen-bond acceptors (Lipinski definition) is 5. The van der Waals surface area contributed by atoms with Crippen molar-refractivity contribution in [3.8, 4) is 11.5 Å². The zero-order valence-electron chi connectivity index (χ0n) is 19.4. The monoisotopic (exact) mass is 469 g/mol. The van der Waals surface area contributed by atoms with Crippen LogP contribution >= 0.6 is 0 Å². The van der Waals surface area contributed by atoms with E-state index in [1.54, 1.807) is 78.9 Å². The molecule has 0 saturated carbocycles. The highest BCUT2D eigenvalue weighted by Gasteiger charge is 2.34. The van der Waals surface area contributed by atoms with Crippen LogP contribution in [0.25, 0.3) is 0 Å². The number of rotatable bonds is 12. The molecule has 6 nitrogen and oxygen atoms in total. The number of ketones is 1. The Bertz CT molecular complexity index is 1180. The number of carbonyl (C=O) groups excluding carboxylic acids is 3. The quantitative estimate of drug-likeness (QED) is 0.155. The number of carbonyl (C=O) groups is 3. The number of unbranched alkanes of at least 4 members (excludes halogenated alkanes) is 2. The lowest BCUT2D eigenvalue weighted by molar-refractivity contribution is 0.0651. The molecule has 0 spiro atoms. The van der Waals surface area contributed by atoms with Crippen molar-refractivity contribution in [2.45, 2.75) is 19.3 Å². The van der Waals surface area contributed by atoms with Gasteiger partial charge in [0.2, 0.25) is 0 Å². The maximum atomic E-state index is 12.7. The van der Waals surface area contributed by atoms with Crippen LogP contribution in [-0.4, -0.2) is 42.3 Å². The molecule has 35 heavy (non-hydrogen) atoms. The van der Waals surface area contributed by atoms with Gasteiger partial charge < -0.3 is 9.47 Å². The maximum Gasteiger partial charge on any atom is 0.261 e. The van der Waals surface area contributed by atoms with E-state index < -0.39 is 0 Å². The van der Waals surface area contributed by atoms with Crippen molar-refractivity contribution in [1.29, 1.82) is 0 Å². The molecule has 3 aromatic carbocycles. The van der Waals surface area contributed by atoms with Gasteiger partial charge >= 0.3 is 0 Å². The van der Waals surface area contributed by atoms with Crippen molar-refractivity contribution in [3.63, 3.8) is 0 Å². The summed E-state index contributed by atoms with van der Waals surface area (Å²) in [6, 6.07) is 21.0. The minimum atomic E-state index is -0.214. The molecule has 0 aromatic heterocycles. The standard InChI is InChI=1S/C29H27NO5/c1-2-19-34-23-14-10-21(11-15-23)27(31)22-12-16-24(17-13-22)35-20-7-3-6-18-30-28(32)25-8-4-5-9-26(25)29(30)33/h2,4-5,8-17H,1,3,6-7,18-20H2. The van der Waals surface area contributed by atoms with E-state index in [0.717, 1.165) is 19.3 Å². The second-order valence-corrected chi connectivity index (χ2v) is 8.19. The molecule has 178 valence electrons. The zero-order valence-corrected chi connectivity index (χ0v) is 19.4. The van der Waals surface area contributed by atoms with Gasteiger partial charge in [0.25, 0.3) is 11.8 Å². The van der Waals surface area contributed by atoms with Gasteiger partial charge in [-0.25, -0.2) is 0 Å². The molecule has 2 amide bonds. The molecule has 0 radical (unpaired) electrons. The normalized spacial score (nSPS) is 12.4. The Morgan fingerprint density at radius 2 is 1.29 bits per heavy atom. The molecule has 3 aromatic rings. The molecule has 0 saturated heterocycles. The van der Waals surface area contributed by atoms with E-state index in [1.807, 2.05) is 0 Å². The Labute approximate surface area is 204 Å². The van der Waals surface area contributed by atoms with Gasteiger partial charge in [-0.05, 0) is 79.9 Å². The molecular weight excluding hydrogens is 442 g/mol. The summed E-state index contributed by atoms with van der Waals surface area (Å²) in [7, 11) is 0. The largest absolute Gasteiger partial charge is 0.494 e. The van der Waals surface area contributed by atoms with E-state index >= 15 is 0 Å². The smallest absolute Gasteiger partial charge is 0.261 e. The Kier molecular flexibility index (Phi) is 7.73. The van der Waals surface area contributed by atoms with Gasteiger partial charge in [0.05, 0.1) is 17.7 Å². The molecular formula is C29H27NO5. The summed E-state index contributed by atoms with van der Waals surface area (Å²) in [6.07, 6.45) is 4.02. The minimum absolute atomic E-state index is 0.0695. The summed E-state index contributed by atoms with van der Waals surface area (Å²) in [4.78, 5) is 38.8. The Morgan fingerprint density at radius 1 is 0.743 bits per heavy atom. The molecule has 0 atom stereocenters. The first-order chi connectivity index (χ1) is 17.1. The first-order valence-electron chi connectivity index (χ1n) is 11.6. The van der Waals surface area contributed by atoms with Crippen molar-refractivity contribution in [2.24, 2.45) is 0 Å². The average molecular weight is 470 g/mol. The molecule has 1 heterocycles.